The Labute approximate surface area is 294 Å². The normalized spacial score (nSPS) is 13.1. The topological polar surface area (TPSA) is 31.7 Å². The van der Waals surface area contributed by atoms with Gasteiger partial charge in [0.25, 0.3) is 0 Å². The van der Waals surface area contributed by atoms with Gasteiger partial charge in [-0.1, -0.05) is 0 Å². The average Bonchev–Trinajstić information content (AvgIpc) is 2.95. The molecule has 0 N–H and O–H groups in total. The third kappa shape index (κ3) is 9.11. The fourth-order valence-corrected chi connectivity index (χ4v) is 23.6. The van der Waals surface area contributed by atoms with Crippen LogP contribution in [0.25, 0.3) is 5.70 Å². The first-order valence-corrected chi connectivity index (χ1v) is 26.5. The maximum atomic E-state index is 5.30. The Morgan fingerprint density at radius 2 is 1.04 bits per heavy atom. The summed E-state index contributed by atoms with van der Waals surface area (Å²) in [5, 5.41) is 0. The molecule has 2 aromatic carbocycles. The molecule has 0 fully saturated rings. The molecule has 0 unspecified atom stereocenters. The molecule has 0 aliphatic carbocycles. The van der Waals surface area contributed by atoms with Crippen molar-refractivity contribution >= 4 is 60.9 Å². The average molecular weight is 760 g/mol. The van der Waals surface area contributed by atoms with E-state index in [1.54, 1.807) is 0 Å². The fourth-order valence-electron chi connectivity index (χ4n) is 6.20. The molecule has 7 heteroatoms. The summed E-state index contributed by atoms with van der Waals surface area (Å²) >= 11 is -1.35. The molecule has 0 saturated carbocycles. The van der Waals surface area contributed by atoms with Crippen LogP contribution >= 0.6 is 0 Å². The second-order valence-corrected chi connectivity index (χ2v) is 31.6. The molecule has 0 aliphatic heterocycles. The molecular weight excluding hydrogens is 699 g/mol. The van der Waals surface area contributed by atoms with E-state index >= 15 is 0 Å². The Bertz CT molecular complexity index is 1480. The van der Waals surface area contributed by atoms with Crippen LogP contribution in [0.4, 0.5) is 11.4 Å². The maximum absolute atomic E-state index is 5.30. The minimum absolute atomic E-state index is 0.390. The predicted octanol–water partition coefficient (Wildman–Crippen LogP) is 11.7. The number of pyridine rings is 1. The molecule has 3 rings (SSSR count). The summed E-state index contributed by atoms with van der Waals surface area (Å²) in [7, 11) is -3.21. The van der Waals surface area contributed by atoms with Crippen molar-refractivity contribution in [2.45, 2.75) is 125 Å². The number of anilines is 1. The van der Waals surface area contributed by atoms with Crippen molar-refractivity contribution in [2.75, 3.05) is 3.12 Å². The predicted molar refractivity (Wildman–Crippen MR) is 211 cm³/mol. The second kappa shape index (κ2) is 15.5. The molecule has 0 bridgehead atoms. The minimum atomic E-state index is -1.61. The fraction of sp³-hybridized carbons (Fsp3) is 0.487. The molecule has 3 aromatic rings. The number of benzene rings is 2. The Morgan fingerprint density at radius 3 is 1.46 bits per heavy atom. The van der Waals surface area contributed by atoms with Crippen LogP contribution in [0.2, 0.25) is 39.3 Å². The number of nitrogens with zero attached hydrogens (tertiary/aromatic N) is 4. The number of para-hydroxylation sites is 2. The number of aromatic nitrogens is 1. The Balaban J connectivity index is 2.25. The molecule has 0 amide bonds. The summed E-state index contributed by atoms with van der Waals surface area (Å²) in [5.41, 5.74) is 11.6. The van der Waals surface area contributed by atoms with E-state index in [1.807, 2.05) is 0 Å². The van der Waals surface area contributed by atoms with Crippen molar-refractivity contribution in [3.8, 4) is 0 Å². The van der Waals surface area contributed by atoms with E-state index in [0.717, 1.165) is 28.5 Å². The first-order valence-electron chi connectivity index (χ1n) is 17.1. The van der Waals surface area contributed by atoms with Gasteiger partial charge in [0.05, 0.1) is 0 Å². The molecule has 0 spiro atoms. The SMILES string of the molecule is C=C(c1cccc(C(C)=Nc2c(C(C)C)cccc2C(C)C)n1)[N]([Sn][N]([Si](C)(C)C)[Si](C)(C)C)c1c(C(C)C)cccc1C(C)C. The Hall–Kier alpha value is -2.01. The first-order chi connectivity index (χ1) is 21.2. The molecule has 2 radical (unpaired) electrons. The van der Waals surface area contributed by atoms with E-state index in [0.29, 0.717) is 23.7 Å². The Morgan fingerprint density at radius 1 is 0.652 bits per heavy atom. The first kappa shape index (κ1) is 38.4. The summed E-state index contributed by atoms with van der Waals surface area (Å²) in [6.45, 7) is 40.4. The van der Waals surface area contributed by atoms with E-state index < -0.39 is 38.2 Å². The molecular formula is C39H60N4Si2Sn. The summed E-state index contributed by atoms with van der Waals surface area (Å²) in [5.74, 6) is 1.59. The van der Waals surface area contributed by atoms with Crippen LogP contribution in [0.5, 0.6) is 0 Å². The van der Waals surface area contributed by atoms with Crippen LogP contribution in [0.15, 0.2) is 66.2 Å². The summed E-state index contributed by atoms with van der Waals surface area (Å²) in [4.78, 5) is 10.6. The molecule has 248 valence electrons. The molecule has 4 nitrogen and oxygen atoms in total. The number of hydrogen-bond donors (Lipinski definition) is 0. The zero-order valence-electron chi connectivity index (χ0n) is 31.5. The van der Waals surface area contributed by atoms with Gasteiger partial charge in [-0.25, -0.2) is 0 Å². The van der Waals surface area contributed by atoms with E-state index in [2.05, 4.69) is 162 Å². The van der Waals surface area contributed by atoms with Crippen LogP contribution in [-0.2, 0) is 0 Å². The number of hydrogen-bond acceptors (Lipinski definition) is 4. The zero-order chi connectivity index (χ0) is 34.7. The third-order valence-electron chi connectivity index (χ3n) is 8.42. The van der Waals surface area contributed by atoms with Gasteiger partial charge in [-0.05, 0) is 0 Å². The van der Waals surface area contributed by atoms with Crippen molar-refractivity contribution in [3.63, 3.8) is 0 Å². The zero-order valence-corrected chi connectivity index (χ0v) is 36.4. The van der Waals surface area contributed by atoms with Crippen molar-refractivity contribution in [1.82, 2.24) is 7.44 Å². The van der Waals surface area contributed by atoms with Gasteiger partial charge in [0.2, 0.25) is 0 Å². The van der Waals surface area contributed by atoms with Crippen LogP contribution in [-0.4, -0.2) is 51.3 Å². The van der Waals surface area contributed by atoms with Gasteiger partial charge in [0.1, 0.15) is 0 Å². The molecule has 0 aliphatic rings. The molecule has 46 heavy (non-hydrogen) atoms. The van der Waals surface area contributed by atoms with Crippen LogP contribution < -0.4 is 3.12 Å². The summed E-state index contributed by atoms with van der Waals surface area (Å²) in [6, 6.07) is 19.9. The molecule has 0 atom stereocenters. The summed E-state index contributed by atoms with van der Waals surface area (Å²) < 4.78 is 5.69. The van der Waals surface area contributed by atoms with Crippen molar-refractivity contribution < 1.29 is 0 Å². The van der Waals surface area contributed by atoms with Crippen molar-refractivity contribution in [3.05, 3.63) is 94.8 Å². The van der Waals surface area contributed by atoms with Crippen LogP contribution in [0.3, 0.4) is 0 Å². The van der Waals surface area contributed by atoms with Crippen LogP contribution in [0.1, 0.15) is 120 Å². The van der Waals surface area contributed by atoms with E-state index in [9.17, 15) is 0 Å². The molecule has 0 saturated heterocycles. The van der Waals surface area contributed by atoms with Crippen LogP contribution in [0, 0.1) is 0 Å². The van der Waals surface area contributed by atoms with E-state index in [-0.39, 0.29) is 0 Å². The summed E-state index contributed by atoms with van der Waals surface area (Å²) in [6.07, 6.45) is 0. The monoisotopic (exact) mass is 760 g/mol. The van der Waals surface area contributed by atoms with Gasteiger partial charge in [0.15, 0.2) is 0 Å². The van der Waals surface area contributed by atoms with Gasteiger partial charge < -0.3 is 0 Å². The molecule has 1 aromatic heterocycles. The second-order valence-electron chi connectivity index (χ2n) is 15.9. The van der Waals surface area contributed by atoms with Crippen molar-refractivity contribution in [1.29, 1.82) is 0 Å². The number of aliphatic imine (C=N–C) groups is 1. The third-order valence-corrected chi connectivity index (χ3v) is 30.5. The van der Waals surface area contributed by atoms with Gasteiger partial charge in [-0.2, -0.15) is 0 Å². The number of rotatable bonds is 13. The van der Waals surface area contributed by atoms with Gasteiger partial charge >= 0.3 is 297 Å². The Kier molecular flexibility index (Phi) is 12.9. The van der Waals surface area contributed by atoms with E-state index in [1.165, 1.54) is 27.9 Å². The van der Waals surface area contributed by atoms with Gasteiger partial charge in [0, 0.05) is 0 Å². The van der Waals surface area contributed by atoms with Gasteiger partial charge in [-0.15, -0.1) is 0 Å². The van der Waals surface area contributed by atoms with Gasteiger partial charge in [-0.3, -0.25) is 0 Å². The van der Waals surface area contributed by atoms with Crippen molar-refractivity contribution in [2.24, 2.45) is 4.99 Å². The van der Waals surface area contributed by atoms with E-state index in [4.69, 9.17) is 16.6 Å². The standard InChI is InChI=1S/C33H42N3.C6H18NSi2.Sn/c1-20(2)26-14-11-15-27(21(3)4)32(26)34-24(9)30-18-13-19-31(36-30)25(10)35-33-28(22(5)6)16-12-17-29(33)23(7)8;1-8(2,3)7-9(4,5)6;/h11-23H,9H2,1-8,10H3;1-6H3;/q2*-1;+2. The molecule has 1 heterocycles. The quantitative estimate of drug-likeness (QED) is 0.128.